The third-order valence-electron chi connectivity index (χ3n) is 7.01. The minimum atomic E-state index is -1.03. The van der Waals surface area contributed by atoms with Crippen LogP contribution in [0.15, 0.2) is 29.4 Å². The highest BCUT2D eigenvalue weighted by Crippen LogP contribution is 2.57. The number of oxime groups is 1. The summed E-state index contributed by atoms with van der Waals surface area (Å²) >= 11 is 0. The molecule has 0 radical (unpaired) electrons. The lowest BCUT2D eigenvalue weighted by Gasteiger charge is -2.56. The number of methoxy groups -OCH3 is 1. The van der Waals surface area contributed by atoms with Crippen molar-refractivity contribution in [2.45, 2.75) is 63.1 Å². The van der Waals surface area contributed by atoms with Crippen LogP contribution >= 0.6 is 0 Å². The highest BCUT2D eigenvalue weighted by molar-refractivity contribution is 6.04. The Hall–Kier alpha value is -2.04. The van der Waals surface area contributed by atoms with Crippen molar-refractivity contribution in [1.29, 1.82) is 0 Å². The number of benzene rings is 1. The molecule has 144 valence electrons. The predicted molar refractivity (Wildman–Crippen MR) is 101 cm³/mol. The fourth-order valence-corrected chi connectivity index (χ4v) is 6.05. The first-order valence-electron chi connectivity index (χ1n) is 10.1. The molecule has 1 aliphatic heterocycles. The third-order valence-corrected chi connectivity index (χ3v) is 7.01. The molecular weight excluding hydrogens is 342 g/mol. The third kappa shape index (κ3) is 2.91. The van der Waals surface area contributed by atoms with E-state index < -0.39 is 5.60 Å². The first-order valence-corrected chi connectivity index (χ1v) is 10.1. The number of esters is 1. The average molecular weight is 369 g/mol. The molecule has 5 nitrogen and oxygen atoms in total. The van der Waals surface area contributed by atoms with E-state index in [0.717, 1.165) is 54.0 Å². The van der Waals surface area contributed by atoms with Crippen molar-refractivity contribution >= 4 is 11.7 Å². The number of carbonyl (C=O) groups excluding carboxylic acids is 1. The van der Waals surface area contributed by atoms with Gasteiger partial charge in [-0.2, -0.15) is 0 Å². The second-order valence-electron chi connectivity index (χ2n) is 9.26. The molecule has 1 aromatic rings. The fraction of sp³-hybridized carbons (Fsp3) is 0.636. The Morgan fingerprint density at radius 1 is 1.07 bits per heavy atom. The molecule has 4 saturated carbocycles. The minimum Gasteiger partial charge on any atom is -0.497 e. The van der Waals surface area contributed by atoms with Gasteiger partial charge in [0.2, 0.25) is 5.60 Å². The van der Waals surface area contributed by atoms with E-state index in [-0.39, 0.29) is 11.6 Å². The fourth-order valence-electron chi connectivity index (χ4n) is 6.05. The summed E-state index contributed by atoms with van der Waals surface area (Å²) in [5.74, 6) is 2.77. The minimum absolute atomic E-state index is 0.249. The molecule has 4 bridgehead atoms. The lowest BCUT2D eigenvalue weighted by atomic mass is 9.54. The van der Waals surface area contributed by atoms with Gasteiger partial charge in [-0.1, -0.05) is 5.16 Å². The zero-order chi connectivity index (χ0) is 18.6. The Bertz CT molecular complexity index is 749. The van der Waals surface area contributed by atoms with Crippen molar-refractivity contribution in [2.75, 3.05) is 7.11 Å². The van der Waals surface area contributed by atoms with Crippen LogP contribution in [-0.4, -0.2) is 30.0 Å². The molecule has 27 heavy (non-hydrogen) atoms. The summed E-state index contributed by atoms with van der Waals surface area (Å²) in [5.41, 5.74) is 0.449. The molecule has 0 spiro atoms. The van der Waals surface area contributed by atoms with Gasteiger partial charge in [-0.15, -0.1) is 0 Å². The Labute approximate surface area is 160 Å². The molecule has 5 aliphatic rings. The summed E-state index contributed by atoms with van der Waals surface area (Å²) in [6.45, 7) is 1.80. The SMILES string of the molecule is COc1ccc(C2=NOC(C)(C(=O)OC34CC5CC(CC(C5)C3)C4)C2)cc1. The first-order chi connectivity index (χ1) is 13.0. The van der Waals surface area contributed by atoms with Crippen LogP contribution in [0.5, 0.6) is 5.75 Å². The van der Waals surface area contributed by atoms with Crippen molar-refractivity contribution in [2.24, 2.45) is 22.9 Å². The predicted octanol–water partition coefficient (Wildman–Crippen LogP) is 4.09. The first kappa shape index (κ1) is 17.1. The second kappa shape index (κ2) is 5.98. The number of rotatable bonds is 4. The van der Waals surface area contributed by atoms with E-state index in [4.69, 9.17) is 14.3 Å². The molecule has 0 saturated heterocycles. The van der Waals surface area contributed by atoms with Gasteiger partial charge in [0.05, 0.1) is 12.8 Å². The van der Waals surface area contributed by atoms with Gasteiger partial charge in [-0.25, -0.2) is 4.79 Å². The van der Waals surface area contributed by atoms with Crippen molar-refractivity contribution < 1.29 is 19.1 Å². The molecule has 1 atom stereocenters. The second-order valence-corrected chi connectivity index (χ2v) is 9.26. The van der Waals surface area contributed by atoms with Gasteiger partial charge in [0.15, 0.2) is 0 Å². The largest absolute Gasteiger partial charge is 0.497 e. The van der Waals surface area contributed by atoms with Gasteiger partial charge < -0.3 is 14.3 Å². The van der Waals surface area contributed by atoms with Crippen LogP contribution in [0.25, 0.3) is 0 Å². The van der Waals surface area contributed by atoms with Crippen LogP contribution in [0.2, 0.25) is 0 Å². The van der Waals surface area contributed by atoms with Crippen molar-refractivity contribution in [1.82, 2.24) is 0 Å². The zero-order valence-electron chi connectivity index (χ0n) is 16.1. The summed E-state index contributed by atoms with van der Waals surface area (Å²) in [6, 6.07) is 7.66. The standard InChI is InChI=1S/C22H27NO4/c1-21(13-19(23-27-21)17-3-5-18(25-2)6-4-17)20(24)26-22-10-14-7-15(11-22)9-16(8-14)12-22/h3-6,14-16H,7-13H2,1-2H3. The van der Waals surface area contributed by atoms with Crippen molar-refractivity contribution in [3.05, 3.63) is 29.8 Å². The van der Waals surface area contributed by atoms with Gasteiger partial charge in [0.1, 0.15) is 11.4 Å². The van der Waals surface area contributed by atoms with Crippen LogP contribution in [0.4, 0.5) is 0 Å². The molecule has 1 aromatic carbocycles. The summed E-state index contributed by atoms with van der Waals surface area (Å²) in [4.78, 5) is 18.7. The molecule has 1 unspecified atom stereocenters. The number of hydrogen-bond acceptors (Lipinski definition) is 5. The maximum atomic E-state index is 13.1. The lowest BCUT2D eigenvalue weighted by Crippen LogP contribution is -2.55. The lowest BCUT2D eigenvalue weighted by molar-refractivity contribution is -0.205. The molecule has 0 amide bonds. The van der Waals surface area contributed by atoms with Gasteiger partial charge in [0, 0.05) is 6.42 Å². The molecule has 0 N–H and O–H groups in total. The van der Waals surface area contributed by atoms with E-state index in [0.29, 0.717) is 6.42 Å². The maximum absolute atomic E-state index is 13.1. The molecule has 4 aliphatic carbocycles. The molecule has 0 aromatic heterocycles. The van der Waals surface area contributed by atoms with Gasteiger partial charge in [0.25, 0.3) is 0 Å². The van der Waals surface area contributed by atoms with E-state index in [2.05, 4.69) is 5.16 Å². The Morgan fingerprint density at radius 3 is 2.22 bits per heavy atom. The molecule has 4 fully saturated rings. The topological polar surface area (TPSA) is 57.1 Å². The number of nitrogens with zero attached hydrogens (tertiary/aromatic N) is 1. The van der Waals surface area contributed by atoms with Crippen molar-refractivity contribution in [3.8, 4) is 5.75 Å². The molecule has 5 heteroatoms. The van der Waals surface area contributed by atoms with E-state index in [1.807, 2.05) is 24.3 Å². The van der Waals surface area contributed by atoms with E-state index in [1.165, 1.54) is 19.3 Å². The average Bonchev–Trinajstić information content (AvgIpc) is 3.04. The van der Waals surface area contributed by atoms with E-state index >= 15 is 0 Å². The normalized spacial score (nSPS) is 39.0. The summed E-state index contributed by atoms with van der Waals surface area (Å²) in [7, 11) is 1.64. The number of ether oxygens (including phenoxy) is 2. The van der Waals surface area contributed by atoms with Crippen LogP contribution in [-0.2, 0) is 14.4 Å². The Kier molecular flexibility index (Phi) is 3.78. The smallest absolute Gasteiger partial charge is 0.354 e. The van der Waals surface area contributed by atoms with Crippen LogP contribution < -0.4 is 4.74 Å². The van der Waals surface area contributed by atoms with Gasteiger partial charge >= 0.3 is 5.97 Å². The Morgan fingerprint density at radius 2 is 1.67 bits per heavy atom. The quantitative estimate of drug-likeness (QED) is 0.750. The van der Waals surface area contributed by atoms with E-state index in [9.17, 15) is 4.79 Å². The van der Waals surface area contributed by atoms with Crippen LogP contribution in [0, 0.1) is 17.8 Å². The van der Waals surface area contributed by atoms with Gasteiger partial charge in [-0.05, 0) is 93.0 Å². The van der Waals surface area contributed by atoms with Crippen molar-refractivity contribution in [3.63, 3.8) is 0 Å². The summed E-state index contributed by atoms with van der Waals surface area (Å²) in [6.07, 6.45) is 7.53. The highest BCUT2D eigenvalue weighted by Gasteiger charge is 2.55. The summed E-state index contributed by atoms with van der Waals surface area (Å²) in [5, 5.41) is 4.21. The monoisotopic (exact) mass is 369 g/mol. The van der Waals surface area contributed by atoms with Crippen LogP contribution in [0.3, 0.4) is 0 Å². The zero-order valence-corrected chi connectivity index (χ0v) is 16.1. The number of carbonyl (C=O) groups is 1. The van der Waals surface area contributed by atoms with E-state index in [1.54, 1.807) is 14.0 Å². The highest BCUT2D eigenvalue weighted by atomic mass is 16.7. The Balaban J connectivity index is 1.28. The number of hydrogen-bond donors (Lipinski definition) is 0. The van der Waals surface area contributed by atoms with Gasteiger partial charge in [-0.3, -0.25) is 0 Å². The molecular formula is C22H27NO4. The molecule has 6 rings (SSSR count). The summed E-state index contributed by atoms with van der Waals surface area (Å²) < 4.78 is 11.4. The molecule has 1 heterocycles. The maximum Gasteiger partial charge on any atom is 0.354 e. The van der Waals surface area contributed by atoms with Crippen LogP contribution in [0.1, 0.15) is 57.4 Å².